The van der Waals surface area contributed by atoms with Gasteiger partial charge in [0.05, 0.1) is 16.7 Å². The number of benzene rings is 2. The summed E-state index contributed by atoms with van der Waals surface area (Å²) in [5, 5.41) is 9.05. The quantitative estimate of drug-likeness (QED) is 0.587. The monoisotopic (exact) mass is 379 g/mol. The van der Waals surface area contributed by atoms with Crippen LogP contribution in [0.2, 0.25) is 5.02 Å². The molecule has 0 fully saturated rings. The number of halogens is 2. The fraction of sp³-hybridized carbons (Fsp3) is 0.125. The van der Waals surface area contributed by atoms with Gasteiger partial charge in [-0.3, -0.25) is 0 Å². The Morgan fingerprint density at radius 1 is 1.32 bits per heavy atom. The average molecular weight is 381 g/mol. The van der Waals surface area contributed by atoms with Crippen molar-refractivity contribution in [3.63, 3.8) is 0 Å². The fourth-order valence-electron chi connectivity index (χ4n) is 1.73. The van der Waals surface area contributed by atoms with E-state index >= 15 is 0 Å². The molecule has 0 aliphatic carbocycles. The van der Waals surface area contributed by atoms with E-state index in [-0.39, 0.29) is 6.61 Å². The first-order valence-electron chi connectivity index (χ1n) is 6.29. The molecule has 0 aliphatic rings. The summed E-state index contributed by atoms with van der Waals surface area (Å²) >= 11 is 9.36. The SMILES string of the molecule is Cc1cc(Br)cc(Cl)c1OC(=O)COc1ccc(C#N)cc1. The van der Waals surface area contributed by atoms with Crippen molar-refractivity contribution >= 4 is 33.5 Å². The van der Waals surface area contributed by atoms with Crippen molar-refractivity contribution in [1.29, 1.82) is 5.26 Å². The maximum atomic E-state index is 11.8. The van der Waals surface area contributed by atoms with Gasteiger partial charge in [-0.2, -0.15) is 5.26 Å². The molecule has 0 spiro atoms. The molecule has 0 atom stereocenters. The molecule has 0 heterocycles. The number of carbonyl (C=O) groups excluding carboxylic acids is 1. The van der Waals surface area contributed by atoms with Gasteiger partial charge in [0.2, 0.25) is 0 Å². The highest BCUT2D eigenvalue weighted by Gasteiger charge is 2.13. The first-order chi connectivity index (χ1) is 10.5. The topological polar surface area (TPSA) is 59.3 Å². The van der Waals surface area contributed by atoms with Crippen LogP contribution in [0.5, 0.6) is 11.5 Å². The van der Waals surface area contributed by atoms with E-state index in [9.17, 15) is 4.79 Å². The maximum absolute atomic E-state index is 11.8. The van der Waals surface area contributed by atoms with Crippen LogP contribution in [-0.2, 0) is 4.79 Å². The Labute approximate surface area is 141 Å². The second-order valence-corrected chi connectivity index (χ2v) is 5.76. The third-order valence-electron chi connectivity index (χ3n) is 2.75. The van der Waals surface area contributed by atoms with Gasteiger partial charge in [0, 0.05) is 4.47 Å². The Morgan fingerprint density at radius 3 is 2.59 bits per heavy atom. The van der Waals surface area contributed by atoms with E-state index in [0.29, 0.717) is 22.1 Å². The van der Waals surface area contributed by atoms with Crippen LogP contribution in [0.15, 0.2) is 40.9 Å². The largest absolute Gasteiger partial charge is 0.482 e. The Morgan fingerprint density at radius 2 is 2.00 bits per heavy atom. The average Bonchev–Trinajstić information content (AvgIpc) is 2.49. The molecule has 0 N–H and O–H groups in total. The molecule has 6 heteroatoms. The Balaban J connectivity index is 1.97. The van der Waals surface area contributed by atoms with Crippen LogP contribution in [0, 0.1) is 18.3 Å². The Kier molecular flexibility index (Phi) is 5.42. The number of nitriles is 1. The highest BCUT2D eigenvalue weighted by atomic mass is 79.9. The second-order valence-electron chi connectivity index (χ2n) is 4.43. The third kappa shape index (κ3) is 4.23. The zero-order chi connectivity index (χ0) is 16.1. The van der Waals surface area contributed by atoms with Crippen molar-refractivity contribution in [2.75, 3.05) is 6.61 Å². The number of rotatable bonds is 4. The van der Waals surface area contributed by atoms with E-state index in [1.165, 1.54) is 0 Å². The summed E-state index contributed by atoms with van der Waals surface area (Å²) in [6.45, 7) is 1.54. The van der Waals surface area contributed by atoms with Crippen molar-refractivity contribution in [3.05, 3.63) is 57.0 Å². The van der Waals surface area contributed by atoms with Gasteiger partial charge in [-0.25, -0.2) is 4.79 Å². The second kappa shape index (κ2) is 7.30. The maximum Gasteiger partial charge on any atom is 0.349 e. The van der Waals surface area contributed by atoms with Crippen LogP contribution in [-0.4, -0.2) is 12.6 Å². The van der Waals surface area contributed by atoms with E-state index in [1.54, 1.807) is 43.3 Å². The van der Waals surface area contributed by atoms with Crippen LogP contribution in [0.25, 0.3) is 0 Å². The van der Waals surface area contributed by atoms with Gasteiger partial charge in [-0.1, -0.05) is 27.5 Å². The van der Waals surface area contributed by atoms with Gasteiger partial charge in [0.25, 0.3) is 0 Å². The van der Waals surface area contributed by atoms with Crippen LogP contribution < -0.4 is 9.47 Å². The van der Waals surface area contributed by atoms with Gasteiger partial charge >= 0.3 is 5.97 Å². The summed E-state index contributed by atoms with van der Waals surface area (Å²) in [5.41, 5.74) is 1.26. The standard InChI is InChI=1S/C16H11BrClNO3/c1-10-6-12(17)7-14(18)16(10)22-15(20)9-21-13-4-2-11(8-19)3-5-13/h2-7H,9H2,1H3. The molecule has 4 nitrogen and oxygen atoms in total. The minimum absolute atomic E-state index is 0.252. The van der Waals surface area contributed by atoms with Gasteiger partial charge in [-0.05, 0) is 48.9 Å². The molecule has 0 radical (unpaired) electrons. The molecule has 0 amide bonds. The van der Waals surface area contributed by atoms with Crippen molar-refractivity contribution in [3.8, 4) is 17.6 Å². The number of hydrogen-bond acceptors (Lipinski definition) is 4. The van der Waals surface area contributed by atoms with Crippen LogP contribution >= 0.6 is 27.5 Å². The summed E-state index contributed by atoms with van der Waals surface area (Å²) in [5.74, 6) is 0.240. The highest BCUT2D eigenvalue weighted by Crippen LogP contribution is 2.32. The molecule has 0 aromatic heterocycles. The number of nitrogens with zero attached hydrogens (tertiary/aromatic N) is 1. The lowest BCUT2D eigenvalue weighted by molar-refractivity contribution is -0.136. The summed E-state index contributed by atoms with van der Waals surface area (Å²) in [6.07, 6.45) is 0. The Bertz CT molecular complexity index is 715. The van der Waals surface area contributed by atoms with Crippen molar-refractivity contribution in [1.82, 2.24) is 0 Å². The molecular weight excluding hydrogens is 370 g/mol. The summed E-state index contributed by atoms with van der Waals surface area (Å²) in [6, 6.07) is 11.9. The minimum atomic E-state index is -0.559. The third-order valence-corrected chi connectivity index (χ3v) is 3.49. The molecule has 2 aromatic rings. The highest BCUT2D eigenvalue weighted by molar-refractivity contribution is 9.10. The van der Waals surface area contributed by atoms with E-state index in [0.717, 1.165) is 10.0 Å². The molecular formula is C16H11BrClNO3. The van der Waals surface area contributed by atoms with Gasteiger partial charge in [-0.15, -0.1) is 0 Å². The number of esters is 1. The van der Waals surface area contributed by atoms with Gasteiger partial charge in [0.15, 0.2) is 12.4 Å². The smallest absolute Gasteiger partial charge is 0.349 e. The number of aryl methyl sites for hydroxylation is 1. The predicted octanol–water partition coefficient (Wildman–Crippen LogP) is 4.27. The molecule has 0 saturated heterocycles. The molecule has 0 aliphatic heterocycles. The molecule has 0 bridgehead atoms. The first kappa shape index (κ1) is 16.3. The minimum Gasteiger partial charge on any atom is -0.482 e. The van der Waals surface area contributed by atoms with E-state index in [1.807, 2.05) is 6.07 Å². The van der Waals surface area contributed by atoms with E-state index < -0.39 is 5.97 Å². The van der Waals surface area contributed by atoms with Crippen molar-refractivity contribution in [2.24, 2.45) is 0 Å². The lowest BCUT2D eigenvalue weighted by Crippen LogP contribution is -2.18. The van der Waals surface area contributed by atoms with Gasteiger partial charge in [0.1, 0.15) is 5.75 Å². The molecule has 0 saturated carbocycles. The predicted molar refractivity (Wildman–Crippen MR) is 86.2 cm³/mol. The molecule has 112 valence electrons. The molecule has 2 aromatic carbocycles. The summed E-state index contributed by atoms with van der Waals surface area (Å²) in [7, 11) is 0. The summed E-state index contributed by atoms with van der Waals surface area (Å²) < 4.78 is 11.3. The van der Waals surface area contributed by atoms with Gasteiger partial charge < -0.3 is 9.47 Å². The van der Waals surface area contributed by atoms with E-state index in [4.69, 9.17) is 26.3 Å². The molecule has 22 heavy (non-hydrogen) atoms. The lowest BCUT2D eigenvalue weighted by atomic mass is 10.2. The normalized spacial score (nSPS) is 9.91. The zero-order valence-electron chi connectivity index (χ0n) is 11.6. The number of carbonyl (C=O) groups is 1. The zero-order valence-corrected chi connectivity index (χ0v) is 13.9. The molecule has 2 rings (SSSR count). The van der Waals surface area contributed by atoms with Crippen LogP contribution in [0.1, 0.15) is 11.1 Å². The fourth-order valence-corrected chi connectivity index (χ4v) is 2.74. The van der Waals surface area contributed by atoms with Crippen molar-refractivity contribution in [2.45, 2.75) is 6.92 Å². The Hall–Kier alpha value is -2.03. The number of ether oxygens (including phenoxy) is 2. The van der Waals surface area contributed by atoms with Crippen LogP contribution in [0.4, 0.5) is 0 Å². The lowest BCUT2D eigenvalue weighted by Gasteiger charge is -2.10. The summed E-state index contributed by atoms with van der Waals surface area (Å²) in [4.78, 5) is 11.8. The van der Waals surface area contributed by atoms with E-state index in [2.05, 4.69) is 15.9 Å². The van der Waals surface area contributed by atoms with Crippen molar-refractivity contribution < 1.29 is 14.3 Å². The molecule has 0 unspecified atom stereocenters. The number of hydrogen-bond donors (Lipinski definition) is 0. The first-order valence-corrected chi connectivity index (χ1v) is 7.46. The van der Waals surface area contributed by atoms with Crippen LogP contribution in [0.3, 0.4) is 0 Å².